The molecule has 0 aliphatic rings. The molecule has 0 amide bonds. The molecule has 0 fully saturated rings. The fourth-order valence-corrected chi connectivity index (χ4v) is 2.57. The Labute approximate surface area is 113 Å². The Bertz CT molecular complexity index is 356. The van der Waals surface area contributed by atoms with Crippen molar-refractivity contribution in [3.63, 3.8) is 0 Å². The van der Waals surface area contributed by atoms with Crippen LogP contribution in [0.2, 0.25) is 0 Å². The average molecular weight is 247 g/mol. The van der Waals surface area contributed by atoms with E-state index in [1.807, 2.05) is 0 Å². The first-order valence-corrected chi connectivity index (χ1v) is 7.17. The summed E-state index contributed by atoms with van der Waals surface area (Å²) in [5.41, 5.74) is 5.81. The van der Waals surface area contributed by atoms with Gasteiger partial charge in [-0.1, -0.05) is 38.5 Å². The van der Waals surface area contributed by atoms with Gasteiger partial charge in [0.25, 0.3) is 0 Å². The minimum Gasteiger partial charge on any atom is -0.316 e. The molecule has 102 valence electrons. The van der Waals surface area contributed by atoms with Gasteiger partial charge in [0.15, 0.2) is 0 Å². The van der Waals surface area contributed by atoms with E-state index >= 15 is 0 Å². The summed E-state index contributed by atoms with van der Waals surface area (Å²) in [7, 11) is 0. The second-order valence-corrected chi connectivity index (χ2v) is 6.24. The smallest absolute Gasteiger partial charge is 0.00199 e. The van der Waals surface area contributed by atoms with E-state index in [0.29, 0.717) is 5.92 Å². The normalized spacial score (nSPS) is 13.1. The highest BCUT2D eigenvalue weighted by Gasteiger charge is 2.09. The lowest BCUT2D eigenvalue weighted by Crippen LogP contribution is -2.26. The van der Waals surface area contributed by atoms with E-state index in [0.717, 1.165) is 19.0 Å². The monoisotopic (exact) mass is 247 g/mol. The summed E-state index contributed by atoms with van der Waals surface area (Å²) in [5.74, 6) is 1.43. The van der Waals surface area contributed by atoms with E-state index in [9.17, 15) is 0 Å². The van der Waals surface area contributed by atoms with Crippen LogP contribution in [0.3, 0.4) is 0 Å². The van der Waals surface area contributed by atoms with Gasteiger partial charge in [-0.2, -0.15) is 0 Å². The Kier molecular flexibility index (Phi) is 5.87. The maximum absolute atomic E-state index is 3.56. The minimum atomic E-state index is 0.698. The molecule has 1 heteroatoms. The average Bonchev–Trinajstić information content (AvgIpc) is 2.22. The lowest BCUT2D eigenvalue weighted by atomic mass is 9.92. The number of hydrogen-bond donors (Lipinski definition) is 1. The summed E-state index contributed by atoms with van der Waals surface area (Å²) in [6.45, 7) is 15.7. The molecule has 1 unspecified atom stereocenters. The predicted octanol–water partition coefficient (Wildman–Crippen LogP) is 4.04. The highest BCUT2D eigenvalue weighted by atomic mass is 14.9. The van der Waals surface area contributed by atoms with Crippen molar-refractivity contribution in [1.29, 1.82) is 0 Å². The maximum atomic E-state index is 3.56. The zero-order chi connectivity index (χ0) is 13.7. The molecule has 1 atom stereocenters. The molecule has 1 N–H and O–H groups in total. The van der Waals surface area contributed by atoms with Crippen molar-refractivity contribution < 1.29 is 0 Å². The molecule has 0 saturated heterocycles. The molecule has 0 bridgehead atoms. The Morgan fingerprint density at radius 1 is 0.944 bits per heavy atom. The van der Waals surface area contributed by atoms with Gasteiger partial charge < -0.3 is 5.32 Å². The van der Waals surface area contributed by atoms with Crippen molar-refractivity contribution in [2.24, 2.45) is 11.8 Å². The number of benzene rings is 1. The van der Waals surface area contributed by atoms with E-state index in [-0.39, 0.29) is 0 Å². The molecular formula is C17H29N. The van der Waals surface area contributed by atoms with Crippen LogP contribution in [-0.4, -0.2) is 13.1 Å². The van der Waals surface area contributed by atoms with E-state index in [4.69, 9.17) is 0 Å². The van der Waals surface area contributed by atoms with E-state index in [1.54, 1.807) is 5.56 Å². The predicted molar refractivity (Wildman–Crippen MR) is 81.2 cm³/mol. The first kappa shape index (κ1) is 15.2. The SMILES string of the molecule is Cc1cc(C)c(CC(C)CNCC(C)C)c(C)c1. The number of rotatable bonds is 6. The summed E-state index contributed by atoms with van der Waals surface area (Å²) < 4.78 is 0. The van der Waals surface area contributed by atoms with Gasteiger partial charge >= 0.3 is 0 Å². The molecule has 0 radical (unpaired) electrons. The lowest BCUT2D eigenvalue weighted by molar-refractivity contribution is 0.472. The molecule has 0 saturated carbocycles. The third-order valence-corrected chi connectivity index (χ3v) is 3.44. The molecule has 0 heterocycles. The number of aryl methyl sites for hydroxylation is 3. The first-order valence-electron chi connectivity index (χ1n) is 7.17. The van der Waals surface area contributed by atoms with Crippen LogP contribution in [0.15, 0.2) is 12.1 Å². The fourth-order valence-electron chi connectivity index (χ4n) is 2.57. The molecule has 1 aromatic carbocycles. The van der Waals surface area contributed by atoms with Crippen LogP contribution in [0, 0.1) is 32.6 Å². The summed E-state index contributed by atoms with van der Waals surface area (Å²) in [6.07, 6.45) is 1.18. The van der Waals surface area contributed by atoms with Crippen LogP contribution >= 0.6 is 0 Å². The topological polar surface area (TPSA) is 12.0 Å². The summed E-state index contributed by atoms with van der Waals surface area (Å²) in [5, 5.41) is 3.56. The lowest BCUT2D eigenvalue weighted by Gasteiger charge is -2.17. The zero-order valence-corrected chi connectivity index (χ0v) is 12.9. The van der Waals surface area contributed by atoms with Crippen LogP contribution < -0.4 is 5.32 Å². The van der Waals surface area contributed by atoms with Crippen LogP contribution in [-0.2, 0) is 6.42 Å². The van der Waals surface area contributed by atoms with Gasteiger partial charge in [0.2, 0.25) is 0 Å². The van der Waals surface area contributed by atoms with Crippen LogP contribution in [0.25, 0.3) is 0 Å². The highest BCUT2D eigenvalue weighted by Crippen LogP contribution is 2.19. The van der Waals surface area contributed by atoms with Gasteiger partial charge in [-0.15, -0.1) is 0 Å². The highest BCUT2D eigenvalue weighted by molar-refractivity contribution is 5.37. The van der Waals surface area contributed by atoms with Crippen LogP contribution in [0.1, 0.15) is 43.0 Å². The molecular weight excluding hydrogens is 218 g/mol. The van der Waals surface area contributed by atoms with Crippen molar-refractivity contribution in [2.75, 3.05) is 13.1 Å². The third kappa shape index (κ3) is 4.81. The number of hydrogen-bond acceptors (Lipinski definition) is 1. The molecule has 1 rings (SSSR count). The molecule has 1 aromatic rings. The summed E-state index contributed by atoms with van der Waals surface area (Å²) in [6, 6.07) is 4.60. The molecule has 0 aliphatic heterocycles. The van der Waals surface area contributed by atoms with Gasteiger partial charge in [0.05, 0.1) is 0 Å². The van der Waals surface area contributed by atoms with Crippen LogP contribution in [0.5, 0.6) is 0 Å². The third-order valence-electron chi connectivity index (χ3n) is 3.44. The zero-order valence-electron chi connectivity index (χ0n) is 12.9. The Balaban J connectivity index is 2.56. The van der Waals surface area contributed by atoms with E-state index in [1.165, 1.54) is 23.1 Å². The molecule has 1 nitrogen and oxygen atoms in total. The molecule has 0 spiro atoms. The molecule has 18 heavy (non-hydrogen) atoms. The van der Waals surface area contributed by atoms with Crippen molar-refractivity contribution >= 4 is 0 Å². The van der Waals surface area contributed by atoms with Crippen molar-refractivity contribution in [3.8, 4) is 0 Å². The van der Waals surface area contributed by atoms with E-state index in [2.05, 4.69) is 59.0 Å². The van der Waals surface area contributed by atoms with Gasteiger partial charge in [0, 0.05) is 0 Å². The van der Waals surface area contributed by atoms with Gasteiger partial charge in [-0.25, -0.2) is 0 Å². The summed E-state index contributed by atoms with van der Waals surface area (Å²) in [4.78, 5) is 0. The van der Waals surface area contributed by atoms with Gasteiger partial charge in [0.1, 0.15) is 0 Å². The quantitative estimate of drug-likeness (QED) is 0.800. The summed E-state index contributed by atoms with van der Waals surface area (Å²) >= 11 is 0. The number of nitrogens with one attached hydrogen (secondary N) is 1. The van der Waals surface area contributed by atoms with Crippen molar-refractivity contribution in [3.05, 3.63) is 34.4 Å². The van der Waals surface area contributed by atoms with Gasteiger partial charge in [-0.05, 0) is 68.8 Å². The Hall–Kier alpha value is -0.820. The van der Waals surface area contributed by atoms with Crippen molar-refractivity contribution in [1.82, 2.24) is 5.32 Å². The largest absolute Gasteiger partial charge is 0.316 e. The molecule has 0 aliphatic carbocycles. The van der Waals surface area contributed by atoms with Gasteiger partial charge in [-0.3, -0.25) is 0 Å². The second-order valence-electron chi connectivity index (χ2n) is 6.24. The Morgan fingerprint density at radius 3 is 2.00 bits per heavy atom. The maximum Gasteiger partial charge on any atom is -0.00199 e. The Morgan fingerprint density at radius 2 is 1.50 bits per heavy atom. The molecule has 0 aromatic heterocycles. The first-order chi connectivity index (χ1) is 8.40. The van der Waals surface area contributed by atoms with Crippen molar-refractivity contribution in [2.45, 2.75) is 48.0 Å². The minimum absolute atomic E-state index is 0.698. The second kappa shape index (κ2) is 6.94. The van der Waals surface area contributed by atoms with E-state index < -0.39 is 0 Å². The fraction of sp³-hybridized carbons (Fsp3) is 0.647. The standard InChI is InChI=1S/C17H29N/c1-12(2)10-18-11-14(4)9-17-15(5)7-13(3)8-16(17)6/h7-8,12,14,18H,9-11H2,1-6H3. The van der Waals surface area contributed by atoms with Crippen LogP contribution in [0.4, 0.5) is 0 Å².